The maximum Gasteiger partial charge on any atom is 0.330 e. The molecule has 4 atom stereocenters. The number of aromatic amines is 1. The second-order valence-electron chi connectivity index (χ2n) is 6.47. The van der Waals surface area contributed by atoms with Crippen LogP contribution in [0.2, 0.25) is 0 Å². The number of aromatic nitrogens is 2. The first-order valence-electron chi connectivity index (χ1n) is 8.03. The molecule has 0 bridgehead atoms. The summed E-state index contributed by atoms with van der Waals surface area (Å²) in [7, 11) is 0. The molecular weight excluding hydrogens is 344 g/mol. The molecule has 142 valence electrons. The first kappa shape index (κ1) is 19.9. The van der Waals surface area contributed by atoms with Gasteiger partial charge in [-0.1, -0.05) is 20.4 Å². The molecule has 1 aromatic rings. The number of hydrogen-bond acceptors (Lipinski definition) is 7. The van der Waals surface area contributed by atoms with Gasteiger partial charge in [0.05, 0.1) is 5.92 Å². The van der Waals surface area contributed by atoms with Crippen molar-refractivity contribution in [1.29, 1.82) is 0 Å². The Bertz CT molecular complexity index is 849. The first-order valence-corrected chi connectivity index (χ1v) is 8.03. The molecule has 2 rings (SSSR count). The van der Waals surface area contributed by atoms with Crippen molar-refractivity contribution in [2.75, 3.05) is 6.61 Å². The fourth-order valence-corrected chi connectivity index (χ4v) is 2.62. The molecule has 1 saturated heterocycles. The zero-order valence-electron chi connectivity index (χ0n) is 14.8. The van der Waals surface area contributed by atoms with Crippen LogP contribution < -0.4 is 11.2 Å². The topological polar surface area (TPSA) is 131 Å². The fourth-order valence-electron chi connectivity index (χ4n) is 2.62. The Kier molecular flexibility index (Phi) is 5.68. The summed E-state index contributed by atoms with van der Waals surface area (Å²) in [6, 6.07) is 0. The first-order chi connectivity index (χ1) is 12.1. The van der Waals surface area contributed by atoms with Gasteiger partial charge in [0.25, 0.3) is 5.56 Å². The lowest BCUT2D eigenvalue weighted by atomic mass is 9.94. The predicted molar refractivity (Wildman–Crippen MR) is 90.4 cm³/mol. The van der Waals surface area contributed by atoms with Crippen molar-refractivity contribution in [3.8, 4) is 0 Å². The van der Waals surface area contributed by atoms with Crippen LogP contribution in [0.25, 0.3) is 0 Å². The number of nitrogens with one attached hydrogen (secondary N) is 1. The molecular formula is C17H22N2O7. The second-order valence-corrected chi connectivity index (χ2v) is 6.47. The van der Waals surface area contributed by atoms with Gasteiger partial charge < -0.3 is 19.7 Å². The summed E-state index contributed by atoms with van der Waals surface area (Å²) in [5.41, 5.74) is -0.884. The number of carbonyl (C=O) groups is 1. The molecule has 1 aliphatic rings. The van der Waals surface area contributed by atoms with Crippen molar-refractivity contribution in [3.05, 3.63) is 51.0 Å². The van der Waals surface area contributed by atoms with Gasteiger partial charge in [-0.2, -0.15) is 0 Å². The monoisotopic (exact) mass is 366 g/mol. The van der Waals surface area contributed by atoms with Crippen LogP contribution >= 0.6 is 0 Å². The van der Waals surface area contributed by atoms with Gasteiger partial charge in [-0.15, -0.1) is 5.73 Å². The summed E-state index contributed by atoms with van der Waals surface area (Å²) in [6.45, 7) is 7.83. The SMILES string of the molecule is C=C=C[C@@]1(O)[C@H](O)[C@@H](COC(=O)C(C)C)O[C@H]1n1cc(C)c(=O)[nH]c1=O. The molecule has 3 N–H and O–H groups in total. The van der Waals surface area contributed by atoms with E-state index in [1.54, 1.807) is 13.8 Å². The van der Waals surface area contributed by atoms with E-state index in [0.29, 0.717) is 0 Å². The number of esters is 1. The molecule has 0 unspecified atom stereocenters. The van der Waals surface area contributed by atoms with Crippen molar-refractivity contribution in [2.45, 2.75) is 44.8 Å². The molecule has 1 fully saturated rings. The average molecular weight is 366 g/mol. The lowest BCUT2D eigenvalue weighted by molar-refractivity contribution is -0.153. The summed E-state index contributed by atoms with van der Waals surface area (Å²) in [6.07, 6.45) is -1.72. The minimum atomic E-state index is -2.06. The largest absolute Gasteiger partial charge is 0.463 e. The Morgan fingerprint density at radius 3 is 2.81 bits per heavy atom. The summed E-state index contributed by atoms with van der Waals surface area (Å²) in [5.74, 6) is -0.870. The van der Waals surface area contributed by atoms with Gasteiger partial charge in [0, 0.05) is 11.8 Å². The van der Waals surface area contributed by atoms with E-state index < -0.39 is 41.3 Å². The third-order valence-corrected chi connectivity index (χ3v) is 4.12. The molecule has 0 saturated carbocycles. The molecule has 0 radical (unpaired) electrons. The minimum Gasteiger partial charge on any atom is -0.463 e. The van der Waals surface area contributed by atoms with Crippen LogP contribution in [0.4, 0.5) is 0 Å². The summed E-state index contributed by atoms with van der Waals surface area (Å²) in [4.78, 5) is 37.4. The van der Waals surface area contributed by atoms with Crippen LogP contribution in [0.3, 0.4) is 0 Å². The van der Waals surface area contributed by atoms with Crippen LogP contribution in [0, 0.1) is 12.8 Å². The molecule has 0 aromatic carbocycles. The van der Waals surface area contributed by atoms with Crippen LogP contribution in [-0.4, -0.2) is 50.1 Å². The number of H-pyrrole nitrogens is 1. The second kappa shape index (κ2) is 7.43. The van der Waals surface area contributed by atoms with Crippen molar-refractivity contribution < 1.29 is 24.5 Å². The molecule has 0 aliphatic carbocycles. The third kappa shape index (κ3) is 3.56. The van der Waals surface area contributed by atoms with Gasteiger partial charge in [-0.25, -0.2) is 4.79 Å². The van der Waals surface area contributed by atoms with Crippen LogP contribution in [-0.2, 0) is 14.3 Å². The van der Waals surface area contributed by atoms with E-state index in [9.17, 15) is 24.6 Å². The highest BCUT2D eigenvalue weighted by Gasteiger charge is 2.55. The molecule has 1 aromatic heterocycles. The number of ether oxygens (including phenoxy) is 2. The number of hydrogen-bond donors (Lipinski definition) is 3. The minimum absolute atomic E-state index is 0.210. The number of nitrogens with zero attached hydrogens (tertiary/aromatic N) is 1. The normalized spacial score (nSPS) is 28.0. The third-order valence-electron chi connectivity index (χ3n) is 4.12. The number of aliphatic hydroxyl groups is 2. The van der Waals surface area contributed by atoms with Crippen LogP contribution in [0.15, 0.2) is 34.2 Å². The Morgan fingerprint density at radius 1 is 1.58 bits per heavy atom. The maximum atomic E-state index is 12.1. The molecule has 0 spiro atoms. The lowest BCUT2D eigenvalue weighted by Gasteiger charge is -2.28. The van der Waals surface area contributed by atoms with Crippen molar-refractivity contribution >= 4 is 5.97 Å². The molecule has 2 heterocycles. The van der Waals surface area contributed by atoms with E-state index in [4.69, 9.17) is 9.47 Å². The van der Waals surface area contributed by atoms with Gasteiger partial charge in [0.15, 0.2) is 11.8 Å². The van der Waals surface area contributed by atoms with Gasteiger partial charge in [-0.3, -0.25) is 19.1 Å². The maximum absolute atomic E-state index is 12.1. The highest BCUT2D eigenvalue weighted by atomic mass is 16.6. The average Bonchev–Trinajstić information content (AvgIpc) is 2.81. The van der Waals surface area contributed by atoms with Crippen molar-refractivity contribution in [2.24, 2.45) is 5.92 Å². The molecule has 26 heavy (non-hydrogen) atoms. The van der Waals surface area contributed by atoms with E-state index in [1.807, 2.05) is 0 Å². The molecule has 0 amide bonds. The van der Waals surface area contributed by atoms with Crippen molar-refractivity contribution in [3.63, 3.8) is 0 Å². The van der Waals surface area contributed by atoms with Gasteiger partial charge >= 0.3 is 11.7 Å². The van der Waals surface area contributed by atoms with Gasteiger partial charge in [-0.05, 0) is 13.0 Å². The predicted octanol–water partition coefficient (Wildman–Crippen LogP) is -0.625. The Balaban J connectivity index is 2.40. The van der Waals surface area contributed by atoms with Crippen molar-refractivity contribution in [1.82, 2.24) is 9.55 Å². The van der Waals surface area contributed by atoms with E-state index in [1.165, 1.54) is 13.1 Å². The highest BCUT2D eigenvalue weighted by Crippen LogP contribution is 2.39. The Morgan fingerprint density at radius 2 is 2.23 bits per heavy atom. The quantitative estimate of drug-likeness (QED) is 0.467. The molecule has 9 nitrogen and oxygen atoms in total. The number of aliphatic hydroxyl groups excluding tert-OH is 1. The van der Waals surface area contributed by atoms with Gasteiger partial charge in [0.1, 0.15) is 18.8 Å². The summed E-state index contributed by atoms with van der Waals surface area (Å²) < 4.78 is 11.6. The zero-order chi connectivity index (χ0) is 19.6. The molecule has 9 heteroatoms. The Labute approximate surface area is 149 Å². The lowest BCUT2D eigenvalue weighted by Crippen LogP contribution is -2.48. The summed E-state index contributed by atoms with van der Waals surface area (Å²) in [5, 5.41) is 21.4. The number of carbonyl (C=O) groups excluding carboxylic acids is 1. The van der Waals surface area contributed by atoms with Crippen LogP contribution in [0.5, 0.6) is 0 Å². The number of rotatable bonds is 5. The highest BCUT2D eigenvalue weighted by molar-refractivity contribution is 5.71. The zero-order valence-corrected chi connectivity index (χ0v) is 14.8. The number of aryl methyl sites for hydroxylation is 1. The summed E-state index contributed by atoms with van der Waals surface area (Å²) >= 11 is 0. The smallest absolute Gasteiger partial charge is 0.330 e. The standard InChI is InChI=1S/C17H22N2O7/c1-5-6-17(24)12(20)11(8-25-14(22)9(2)3)26-15(17)19-7-10(4)13(21)18-16(19)23/h6-7,9,11-12,15,20,24H,1,8H2,2-4H3,(H,18,21,23)/t11-,12-,15-,17-/m1/s1. The van der Waals surface area contributed by atoms with Gasteiger partial charge in [0.2, 0.25) is 0 Å². The van der Waals surface area contributed by atoms with Crippen LogP contribution in [0.1, 0.15) is 25.6 Å². The van der Waals surface area contributed by atoms with E-state index in [-0.39, 0.29) is 18.1 Å². The van der Waals surface area contributed by atoms with E-state index >= 15 is 0 Å². The molecule has 1 aliphatic heterocycles. The Hall–Kier alpha value is -2.45. The fraction of sp³-hybridized carbons (Fsp3) is 0.529. The van der Waals surface area contributed by atoms with E-state index in [0.717, 1.165) is 10.6 Å². The van der Waals surface area contributed by atoms with E-state index in [2.05, 4.69) is 17.3 Å².